The average molecular weight is 389 g/mol. The van der Waals surface area contributed by atoms with Crippen LogP contribution in [-0.2, 0) is 11.3 Å². The zero-order chi connectivity index (χ0) is 19.4. The third-order valence-electron chi connectivity index (χ3n) is 4.88. The quantitative estimate of drug-likeness (QED) is 0.579. The Morgan fingerprint density at radius 3 is 2.67 bits per heavy atom. The molecule has 0 saturated carbocycles. The largest absolute Gasteiger partial charge is 0.354 e. The molecule has 1 amide bonds. The van der Waals surface area contributed by atoms with Crippen molar-refractivity contribution in [3.63, 3.8) is 0 Å². The van der Waals surface area contributed by atoms with Gasteiger partial charge >= 0.3 is 0 Å². The summed E-state index contributed by atoms with van der Waals surface area (Å²) in [5, 5.41) is 0.729. The van der Waals surface area contributed by atoms with E-state index in [2.05, 4.69) is 28.7 Å². The molecule has 1 aromatic heterocycles. The molecule has 7 heteroatoms. The van der Waals surface area contributed by atoms with Crippen molar-refractivity contribution in [1.29, 1.82) is 0 Å². The van der Waals surface area contributed by atoms with E-state index in [1.54, 1.807) is 18.3 Å². The highest BCUT2D eigenvalue weighted by Gasteiger charge is 2.32. The summed E-state index contributed by atoms with van der Waals surface area (Å²) in [6.45, 7) is 6.11. The van der Waals surface area contributed by atoms with Gasteiger partial charge in [-0.1, -0.05) is 37.7 Å². The van der Waals surface area contributed by atoms with Crippen molar-refractivity contribution in [2.45, 2.75) is 38.0 Å². The van der Waals surface area contributed by atoms with Crippen LogP contribution in [0, 0.1) is 11.7 Å². The van der Waals surface area contributed by atoms with E-state index in [-0.39, 0.29) is 23.7 Å². The zero-order valence-corrected chi connectivity index (χ0v) is 16.7. The molecule has 2 aromatic rings. The Labute approximate surface area is 164 Å². The summed E-state index contributed by atoms with van der Waals surface area (Å²) >= 11 is 1.51. The first-order chi connectivity index (χ1) is 13.0. The smallest absolute Gasteiger partial charge is 0.224 e. The van der Waals surface area contributed by atoms with Gasteiger partial charge in [-0.15, -0.1) is 0 Å². The predicted octanol–water partition coefficient (Wildman–Crippen LogP) is 3.60. The van der Waals surface area contributed by atoms with Crippen LogP contribution < -0.4 is 4.90 Å². The number of carbonyl (C=O) groups excluding carboxylic acids is 1. The summed E-state index contributed by atoms with van der Waals surface area (Å²) in [5.74, 6) is 1.01. The fourth-order valence-corrected chi connectivity index (χ4v) is 3.70. The van der Waals surface area contributed by atoms with Gasteiger partial charge < -0.3 is 9.80 Å². The highest BCUT2D eigenvalue weighted by molar-refractivity contribution is 7.98. The maximum Gasteiger partial charge on any atom is 0.224 e. The molecule has 0 aliphatic carbocycles. The monoisotopic (exact) mass is 388 g/mol. The minimum Gasteiger partial charge on any atom is -0.354 e. The van der Waals surface area contributed by atoms with Crippen LogP contribution in [0.5, 0.6) is 0 Å². The standard InChI is InChI=1S/C20H25FN4OS/c1-14(2)17-13-24(18-8-10-22-20(23-18)27-3)11-9-19(26)25(17)12-15-4-6-16(21)7-5-15/h4-8,10,14,17H,9,11-13H2,1-3H3/t17-/m1/s1. The highest BCUT2D eigenvalue weighted by Crippen LogP contribution is 2.24. The molecule has 1 fully saturated rings. The Kier molecular flexibility index (Phi) is 6.31. The van der Waals surface area contributed by atoms with E-state index >= 15 is 0 Å². The van der Waals surface area contributed by atoms with Crippen molar-refractivity contribution >= 4 is 23.5 Å². The van der Waals surface area contributed by atoms with Gasteiger partial charge in [-0.25, -0.2) is 14.4 Å². The lowest BCUT2D eigenvalue weighted by Crippen LogP contribution is -2.46. The molecule has 2 heterocycles. The number of halogens is 1. The number of thioether (sulfide) groups is 1. The number of amides is 1. The molecule has 5 nitrogen and oxygen atoms in total. The third kappa shape index (κ3) is 4.77. The van der Waals surface area contributed by atoms with Crippen molar-refractivity contribution in [3.8, 4) is 0 Å². The first-order valence-corrected chi connectivity index (χ1v) is 10.4. The van der Waals surface area contributed by atoms with E-state index in [9.17, 15) is 9.18 Å². The lowest BCUT2D eigenvalue weighted by molar-refractivity contribution is -0.134. The molecule has 1 aliphatic rings. The molecule has 3 rings (SSSR count). The first kappa shape index (κ1) is 19.6. The van der Waals surface area contributed by atoms with Crippen molar-refractivity contribution in [2.24, 2.45) is 5.92 Å². The lowest BCUT2D eigenvalue weighted by Gasteiger charge is -2.35. The van der Waals surface area contributed by atoms with E-state index in [0.29, 0.717) is 19.5 Å². The summed E-state index contributed by atoms with van der Waals surface area (Å²) in [6.07, 6.45) is 4.15. The topological polar surface area (TPSA) is 49.3 Å². The van der Waals surface area contributed by atoms with Crippen LogP contribution in [0.25, 0.3) is 0 Å². The van der Waals surface area contributed by atoms with Crippen molar-refractivity contribution < 1.29 is 9.18 Å². The molecule has 0 bridgehead atoms. The molecule has 0 spiro atoms. The van der Waals surface area contributed by atoms with Crippen LogP contribution in [0.15, 0.2) is 41.7 Å². The van der Waals surface area contributed by atoms with E-state index in [1.165, 1.54) is 23.9 Å². The van der Waals surface area contributed by atoms with Gasteiger partial charge in [0.25, 0.3) is 0 Å². The third-order valence-corrected chi connectivity index (χ3v) is 5.45. The maximum absolute atomic E-state index is 13.2. The number of carbonyl (C=O) groups is 1. The first-order valence-electron chi connectivity index (χ1n) is 9.14. The Hall–Kier alpha value is -2.15. The van der Waals surface area contributed by atoms with Gasteiger partial charge in [0.1, 0.15) is 11.6 Å². The number of nitrogens with zero attached hydrogens (tertiary/aromatic N) is 4. The van der Waals surface area contributed by atoms with Gasteiger partial charge in [0.15, 0.2) is 5.16 Å². The molecule has 27 heavy (non-hydrogen) atoms. The molecular weight excluding hydrogens is 363 g/mol. The second-order valence-electron chi connectivity index (χ2n) is 7.06. The minimum atomic E-state index is -0.263. The summed E-state index contributed by atoms with van der Waals surface area (Å²) < 4.78 is 13.2. The number of benzene rings is 1. The number of anilines is 1. The fraction of sp³-hybridized carbons (Fsp3) is 0.450. The molecule has 1 aromatic carbocycles. The second-order valence-corrected chi connectivity index (χ2v) is 7.83. The van der Waals surface area contributed by atoms with E-state index in [1.807, 2.05) is 17.2 Å². The van der Waals surface area contributed by atoms with E-state index in [4.69, 9.17) is 0 Å². The summed E-state index contributed by atoms with van der Waals surface area (Å²) in [4.78, 5) is 25.8. The van der Waals surface area contributed by atoms with Gasteiger partial charge in [0.2, 0.25) is 5.91 Å². The number of rotatable bonds is 5. The molecule has 144 valence electrons. The molecule has 1 saturated heterocycles. The number of aromatic nitrogens is 2. The van der Waals surface area contributed by atoms with Crippen molar-refractivity contribution in [1.82, 2.24) is 14.9 Å². The predicted molar refractivity (Wildman–Crippen MR) is 106 cm³/mol. The Bertz CT molecular complexity index is 784. The Morgan fingerprint density at radius 2 is 2.00 bits per heavy atom. The van der Waals surface area contributed by atoms with Crippen molar-refractivity contribution in [3.05, 3.63) is 47.9 Å². The second kappa shape index (κ2) is 8.69. The van der Waals surface area contributed by atoms with Crippen molar-refractivity contribution in [2.75, 3.05) is 24.2 Å². The van der Waals surface area contributed by atoms with Crippen LogP contribution >= 0.6 is 11.8 Å². The molecule has 1 aliphatic heterocycles. The Morgan fingerprint density at radius 1 is 1.26 bits per heavy atom. The van der Waals surface area contributed by atoms with Crippen LogP contribution in [0.3, 0.4) is 0 Å². The average Bonchev–Trinajstić information content (AvgIpc) is 2.83. The van der Waals surface area contributed by atoms with Crippen LogP contribution in [0.2, 0.25) is 0 Å². The van der Waals surface area contributed by atoms with E-state index in [0.717, 1.165) is 23.1 Å². The van der Waals surface area contributed by atoms with Crippen LogP contribution in [0.4, 0.5) is 10.2 Å². The van der Waals surface area contributed by atoms with Gasteiger partial charge in [0, 0.05) is 32.3 Å². The summed E-state index contributed by atoms with van der Waals surface area (Å²) in [5.41, 5.74) is 0.940. The zero-order valence-electron chi connectivity index (χ0n) is 15.9. The van der Waals surface area contributed by atoms with Crippen LogP contribution in [-0.4, -0.2) is 46.2 Å². The Balaban J connectivity index is 1.84. The van der Waals surface area contributed by atoms with Gasteiger partial charge in [-0.3, -0.25) is 4.79 Å². The lowest BCUT2D eigenvalue weighted by atomic mass is 10.0. The van der Waals surface area contributed by atoms with Gasteiger partial charge in [-0.2, -0.15) is 0 Å². The maximum atomic E-state index is 13.2. The number of hydrogen-bond donors (Lipinski definition) is 0. The van der Waals surface area contributed by atoms with Gasteiger partial charge in [0.05, 0.1) is 6.04 Å². The highest BCUT2D eigenvalue weighted by atomic mass is 32.2. The van der Waals surface area contributed by atoms with Crippen LogP contribution in [0.1, 0.15) is 25.8 Å². The number of hydrogen-bond acceptors (Lipinski definition) is 5. The molecule has 0 unspecified atom stereocenters. The van der Waals surface area contributed by atoms with E-state index < -0.39 is 0 Å². The fourth-order valence-electron chi connectivity index (χ4n) is 3.35. The molecule has 0 radical (unpaired) electrons. The molecule has 1 atom stereocenters. The SMILES string of the molecule is CSc1nccc(N2CCC(=O)N(Cc3ccc(F)cc3)[C@@H](C(C)C)C2)n1. The summed E-state index contributed by atoms with van der Waals surface area (Å²) in [6, 6.07) is 8.34. The minimum absolute atomic E-state index is 0.0535. The van der Waals surface area contributed by atoms with Gasteiger partial charge in [-0.05, 0) is 35.9 Å². The summed E-state index contributed by atoms with van der Waals surface area (Å²) in [7, 11) is 0. The normalized spacial score (nSPS) is 18.1. The molecular formula is C20H25FN4OS. The molecule has 0 N–H and O–H groups in total.